The van der Waals surface area contributed by atoms with Gasteiger partial charge in [-0.15, -0.1) is 5.92 Å². The fourth-order valence-corrected chi connectivity index (χ4v) is 2.05. The topological polar surface area (TPSA) is 66.5 Å². The second kappa shape index (κ2) is 7.23. The Hall–Kier alpha value is -2.87. The van der Waals surface area contributed by atoms with Crippen molar-refractivity contribution < 1.29 is 14.4 Å². The molecule has 0 saturated carbocycles. The molecule has 0 radical (unpaired) electrons. The van der Waals surface area contributed by atoms with E-state index in [9.17, 15) is 14.4 Å². The second-order valence-corrected chi connectivity index (χ2v) is 4.77. The van der Waals surface area contributed by atoms with Gasteiger partial charge in [0.1, 0.15) is 0 Å². The molecule has 1 aliphatic rings. The Kier molecular flexibility index (Phi) is 5.10. The zero-order valence-corrected chi connectivity index (χ0v) is 12.3. The van der Waals surface area contributed by atoms with Gasteiger partial charge in [-0.05, 0) is 37.6 Å². The van der Waals surface area contributed by atoms with Gasteiger partial charge in [0.15, 0.2) is 0 Å². The molecule has 0 atom stereocenters. The molecule has 5 heteroatoms. The number of carbonyl (C=O) groups is 3. The van der Waals surface area contributed by atoms with Crippen LogP contribution in [0.3, 0.4) is 0 Å². The summed E-state index contributed by atoms with van der Waals surface area (Å²) in [6.45, 7) is 2.02. The molecule has 1 heterocycles. The lowest BCUT2D eigenvalue weighted by Crippen LogP contribution is -2.31. The summed E-state index contributed by atoms with van der Waals surface area (Å²) in [6, 6.07) is 7.24. The molecule has 0 spiro atoms. The van der Waals surface area contributed by atoms with Crippen LogP contribution in [0.1, 0.15) is 25.3 Å². The normalized spacial score (nSPS) is 13.0. The SMILES string of the molecule is CC#Cc1ccc(NC(=O)CCCN2C(=O)C=CC2=O)cc1. The molecule has 112 valence electrons. The number of carbonyl (C=O) groups excluding carboxylic acids is 3. The highest BCUT2D eigenvalue weighted by molar-refractivity contribution is 6.12. The second-order valence-electron chi connectivity index (χ2n) is 4.77. The first-order valence-corrected chi connectivity index (χ1v) is 6.96. The molecule has 0 aromatic heterocycles. The van der Waals surface area contributed by atoms with Gasteiger partial charge in [-0.1, -0.05) is 5.92 Å². The van der Waals surface area contributed by atoms with Gasteiger partial charge in [-0.25, -0.2) is 0 Å². The zero-order chi connectivity index (χ0) is 15.9. The van der Waals surface area contributed by atoms with E-state index >= 15 is 0 Å². The molecule has 0 aliphatic carbocycles. The first-order chi connectivity index (χ1) is 10.6. The van der Waals surface area contributed by atoms with Crippen LogP contribution in [0.2, 0.25) is 0 Å². The molecular weight excluding hydrogens is 280 g/mol. The average Bonchev–Trinajstić information content (AvgIpc) is 2.81. The molecule has 1 N–H and O–H groups in total. The van der Waals surface area contributed by atoms with Crippen LogP contribution in [-0.4, -0.2) is 29.2 Å². The smallest absolute Gasteiger partial charge is 0.253 e. The van der Waals surface area contributed by atoms with E-state index in [-0.39, 0.29) is 30.7 Å². The summed E-state index contributed by atoms with van der Waals surface area (Å²) in [4.78, 5) is 35.6. The molecule has 1 aromatic carbocycles. The Bertz CT molecular complexity index is 660. The van der Waals surface area contributed by atoms with Crippen molar-refractivity contribution in [2.45, 2.75) is 19.8 Å². The fraction of sp³-hybridized carbons (Fsp3) is 0.235. The molecule has 1 aliphatic heterocycles. The van der Waals surface area contributed by atoms with E-state index in [1.807, 2.05) is 12.1 Å². The van der Waals surface area contributed by atoms with Crippen LogP contribution >= 0.6 is 0 Å². The number of imide groups is 1. The van der Waals surface area contributed by atoms with Gasteiger partial charge in [0.25, 0.3) is 11.8 Å². The van der Waals surface area contributed by atoms with Crippen molar-refractivity contribution in [2.24, 2.45) is 0 Å². The summed E-state index contributed by atoms with van der Waals surface area (Å²) in [6.07, 6.45) is 3.16. The maximum Gasteiger partial charge on any atom is 0.253 e. The van der Waals surface area contributed by atoms with E-state index < -0.39 is 0 Å². The number of amides is 3. The van der Waals surface area contributed by atoms with Crippen LogP contribution in [0.25, 0.3) is 0 Å². The highest BCUT2D eigenvalue weighted by Gasteiger charge is 2.22. The first-order valence-electron chi connectivity index (χ1n) is 6.96. The minimum atomic E-state index is -0.321. The number of rotatable bonds is 5. The molecule has 3 amide bonds. The number of benzene rings is 1. The van der Waals surface area contributed by atoms with Gasteiger partial charge in [0, 0.05) is 36.4 Å². The summed E-state index contributed by atoms with van der Waals surface area (Å²) >= 11 is 0. The number of hydrogen-bond donors (Lipinski definition) is 1. The highest BCUT2D eigenvalue weighted by atomic mass is 16.2. The quantitative estimate of drug-likeness (QED) is 0.664. The third-order valence-electron chi connectivity index (χ3n) is 3.12. The third kappa shape index (κ3) is 4.06. The Morgan fingerprint density at radius 2 is 1.77 bits per heavy atom. The largest absolute Gasteiger partial charge is 0.326 e. The van der Waals surface area contributed by atoms with E-state index in [1.54, 1.807) is 19.1 Å². The van der Waals surface area contributed by atoms with Crippen LogP contribution in [0.5, 0.6) is 0 Å². The lowest BCUT2D eigenvalue weighted by atomic mass is 10.2. The summed E-state index contributed by atoms with van der Waals surface area (Å²) < 4.78 is 0. The van der Waals surface area contributed by atoms with E-state index in [2.05, 4.69) is 17.2 Å². The monoisotopic (exact) mass is 296 g/mol. The fourth-order valence-electron chi connectivity index (χ4n) is 2.05. The lowest BCUT2D eigenvalue weighted by Gasteiger charge is -2.13. The van der Waals surface area contributed by atoms with Crippen molar-refractivity contribution in [1.82, 2.24) is 4.90 Å². The van der Waals surface area contributed by atoms with E-state index in [0.29, 0.717) is 12.1 Å². The van der Waals surface area contributed by atoms with Gasteiger partial charge in [0.05, 0.1) is 0 Å². The molecule has 0 bridgehead atoms. The molecular formula is C17H16N2O3. The Balaban J connectivity index is 1.77. The Morgan fingerprint density at radius 3 is 2.36 bits per heavy atom. The van der Waals surface area contributed by atoms with Crippen molar-refractivity contribution in [3.63, 3.8) is 0 Å². The van der Waals surface area contributed by atoms with Crippen LogP contribution in [0.4, 0.5) is 5.69 Å². The number of nitrogens with one attached hydrogen (secondary N) is 1. The van der Waals surface area contributed by atoms with Crippen LogP contribution in [-0.2, 0) is 14.4 Å². The minimum absolute atomic E-state index is 0.152. The third-order valence-corrected chi connectivity index (χ3v) is 3.12. The molecule has 0 unspecified atom stereocenters. The molecule has 22 heavy (non-hydrogen) atoms. The highest BCUT2D eigenvalue weighted by Crippen LogP contribution is 2.10. The minimum Gasteiger partial charge on any atom is -0.326 e. The first kappa shape index (κ1) is 15.5. The van der Waals surface area contributed by atoms with Crippen LogP contribution in [0, 0.1) is 11.8 Å². The predicted octanol–water partition coefficient (Wildman–Crippen LogP) is 1.70. The summed E-state index contributed by atoms with van der Waals surface area (Å²) in [5, 5.41) is 2.77. The van der Waals surface area contributed by atoms with Crippen LogP contribution < -0.4 is 5.32 Å². The number of nitrogens with zero attached hydrogens (tertiary/aromatic N) is 1. The van der Waals surface area contributed by atoms with Crippen molar-refractivity contribution >= 4 is 23.4 Å². The molecule has 1 aromatic rings. The molecule has 0 saturated heterocycles. The molecule has 0 fully saturated rings. The van der Waals surface area contributed by atoms with Gasteiger partial charge < -0.3 is 5.32 Å². The maximum absolute atomic E-state index is 11.8. The average molecular weight is 296 g/mol. The van der Waals surface area contributed by atoms with E-state index in [4.69, 9.17) is 0 Å². The van der Waals surface area contributed by atoms with Gasteiger partial charge in [-0.3, -0.25) is 19.3 Å². The van der Waals surface area contributed by atoms with Gasteiger partial charge >= 0.3 is 0 Å². The maximum atomic E-state index is 11.8. The Morgan fingerprint density at radius 1 is 1.14 bits per heavy atom. The zero-order valence-electron chi connectivity index (χ0n) is 12.3. The van der Waals surface area contributed by atoms with E-state index in [1.165, 1.54) is 12.2 Å². The van der Waals surface area contributed by atoms with Gasteiger partial charge in [0.2, 0.25) is 5.91 Å². The Labute approximate surface area is 129 Å². The molecule has 2 rings (SSSR count). The summed E-state index contributed by atoms with van der Waals surface area (Å²) in [5.74, 6) is 4.93. The number of anilines is 1. The van der Waals surface area contributed by atoms with Crippen molar-refractivity contribution in [3.8, 4) is 11.8 Å². The standard InChI is InChI=1S/C17H16N2O3/c1-2-4-13-6-8-14(9-7-13)18-15(20)5-3-12-19-16(21)10-11-17(19)22/h6-11H,3,5,12H2,1H3,(H,18,20). The van der Waals surface area contributed by atoms with Crippen molar-refractivity contribution in [3.05, 3.63) is 42.0 Å². The molecule has 5 nitrogen and oxygen atoms in total. The number of hydrogen-bond acceptors (Lipinski definition) is 3. The van der Waals surface area contributed by atoms with Crippen LogP contribution in [0.15, 0.2) is 36.4 Å². The summed E-state index contributed by atoms with van der Waals surface area (Å²) in [7, 11) is 0. The predicted molar refractivity (Wildman–Crippen MR) is 82.7 cm³/mol. The van der Waals surface area contributed by atoms with Gasteiger partial charge in [-0.2, -0.15) is 0 Å². The van der Waals surface area contributed by atoms with Crippen molar-refractivity contribution in [2.75, 3.05) is 11.9 Å². The lowest BCUT2D eigenvalue weighted by molar-refractivity contribution is -0.137. The van der Waals surface area contributed by atoms with Crippen molar-refractivity contribution in [1.29, 1.82) is 0 Å². The van der Waals surface area contributed by atoms with E-state index in [0.717, 1.165) is 10.5 Å². The summed E-state index contributed by atoms with van der Waals surface area (Å²) in [5.41, 5.74) is 1.58.